The number of nitrogens with zero attached hydrogens (tertiary/aromatic N) is 1. The fraction of sp³-hybridized carbons (Fsp3) is 0.500. The van der Waals surface area contributed by atoms with Crippen LogP contribution in [0.1, 0.15) is 6.42 Å². The van der Waals surface area contributed by atoms with Crippen LogP contribution in [-0.2, 0) is 15.2 Å². The number of halogens is 1. The summed E-state index contributed by atoms with van der Waals surface area (Å²) in [5.74, 6) is -0.967. The van der Waals surface area contributed by atoms with Crippen molar-refractivity contribution in [2.45, 2.75) is 6.42 Å². The SMILES string of the molecule is C=CC1CC(=O)N(S(=O)(=O)F)C1. The molecule has 4 nitrogen and oxygen atoms in total. The Bertz CT molecular complexity index is 311. The fourth-order valence-electron chi connectivity index (χ4n) is 1.07. The number of rotatable bonds is 2. The van der Waals surface area contributed by atoms with Crippen LogP contribution in [-0.4, -0.2) is 25.2 Å². The first-order valence-corrected chi connectivity index (χ1v) is 4.67. The Kier molecular flexibility index (Phi) is 2.18. The highest BCUT2D eigenvalue weighted by molar-refractivity contribution is 7.84. The molecule has 1 aliphatic rings. The summed E-state index contributed by atoms with van der Waals surface area (Å²) in [5, 5.41) is 0. The van der Waals surface area contributed by atoms with Crippen molar-refractivity contribution in [1.82, 2.24) is 4.31 Å². The predicted molar refractivity (Wildman–Crippen MR) is 40.0 cm³/mol. The van der Waals surface area contributed by atoms with Gasteiger partial charge in [0.1, 0.15) is 0 Å². The largest absolute Gasteiger partial charge is 0.401 e. The minimum Gasteiger partial charge on any atom is -0.274 e. The van der Waals surface area contributed by atoms with Gasteiger partial charge in [-0.15, -0.1) is 6.58 Å². The van der Waals surface area contributed by atoms with Crippen LogP contribution in [0.3, 0.4) is 0 Å². The molecule has 1 amide bonds. The molecule has 6 heteroatoms. The minimum atomic E-state index is -4.86. The number of amides is 1. The van der Waals surface area contributed by atoms with Crippen LogP contribution in [0.5, 0.6) is 0 Å². The first kappa shape index (κ1) is 9.18. The van der Waals surface area contributed by atoms with E-state index in [1.54, 1.807) is 0 Å². The molecule has 1 fully saturated rings. The molecule has 1 saturated heterocycles. The van der Waals surface area contributed by atoms with Crippen LogP contribution in [0, 0.1) is 5.92 Å². The second-order valence-electron chi connectivity index (χ2n) is 2.57. The van der Waals surface area contributed by atoms with Gasteiger partial charge in [-0.05, 0) is 0 Å². The van der Waals surface area contributed by atoms with Gasteiger partial charge in [-0.1, -0.05) is 9.96 Å². The van der Waals surface area contributed by atoms with Gasteiger partial charge in [0.05, 0.1) is 0 Å². The highest BCUT2D eigenvalue weighted by atomic mass is 32.3. The monoisotopic (exact) mass is 193 g/mol. The lowest BCUT2D eigenvalue weighted by atomic mass is 10.1. The molecular weight excluding hydrogens is 185 g/mol. The Labute approximate surface area is 70.0 Å². The Morgan fingerprint density at radius 2 is 2.25 bits per heavy atom. The summed E-state index contributed by atoms with van der Waals surface area (Å²) in [5.41, 5.74) is 0. The van der Waals surface area contributed by atoms with Crippen LogP contribution in [0.25, 0.3) is 0 Å². The van der Waals surface area contributed by atoms with Gasteiger partial charge in [-0.25, -0.2) is 4.31 Å². The van der Waals surface area contributed by atoms with E-state index in [4.69, 9.17) is 0 Å². The second-order valence-corrected chi connectivity index (χ2v) is 3.83. The topological polar surface area (TPSA) is 54.5 Å². The van der Waals surface area contributed by atoms with E-state index in [-0.39, 0.29) is 23.2 Å². The van der Waals surface area contributed by atoms with Crippen molar-refractivity contribution in [3.8, 4) is 0 Å². The van der Waals surface area contributed by atoms with Crippen molar-refractivity contribution >= 4 is 16.3 Å². The zero-order valence-corrected chi connectivity index (χ0v) is 7.05. The van der Waals surface area contributed by atoms with E-state index in [2.05, 4.69) is 6.58 Å². The van der Waals surface area contributed by atoms with Crippen molar-refractivity contribution in [2.24, 2.45) is 5.92 Å². The smallest absolute Gasteiger partial charge is 0.274 e. The molecule has 1 rings (SSSR count). The van der Waals surface area contributed by atoms with Crippen molar-refractivity contribution < 1.29 is 17.1 Å². The van der Waals surface area contributed by atoms with E-state index in [9.17, 15) is 17.1 Å². The first-order valence-electron chi connectivity index (χ1n) is 3.33. The van der Waals surface area contributed by atoms with E-state index in [0.717, 1.165) is 0 Å². The van der Waals surface area contributed by atoms with Crippen LogP contribution < -0.4 is 0 Å². The standard InChI is InChI=1S/C6H8FNO3S/c1-2-5-3-6(9)8(4-5)12(7,10)11/h2,5H,1,3-4H2. The number of carbonyl (C=O) groups excluding carboxylic acids is 1. The second kappa shape index (κ2) is 2.85. The molecule has 0 aromatic rings. The van der Waals surface area contributed by atoms with Gasteiger partial charge in [-0.2, -0.15) is 8.42 Å². The molecule has 0 radical (unpaired) electrons. The number of hydrogen-bond donors (Lipinski definition) is 0. The molecule has 0 saturated carbocycles. The van der Waals surface area contributed by atoms with Crippen molar-refractivity contribution in [2.75, 3.05) is 6.54 Å². The lowest BCUT2D eigenvalue weighted by Crippen LogP contribution is -2.28. The summed E-state index contributed by atoms with van der Waals surface area (Å²) in [7, 11) is -4.86. The molecule has 0 bridgehead atoms. The Hall–Kier alpha value is -0.910. The summed E-state index contributed by atoms with van der Waals surface area (Å²) < 4.78 is 33.2. The summed E-state index contributed by atoms with van der Waals surface area (Å²) in [6, 6.07) is 0. The Morgan fingerprint density at radius 1 is 1.67 bits per heavy atom. The van der Waals surface area contributed by atoms with E-state index < -0.39 is 16.3 Å². The van der Waals surface area contributed by atoms with Crippen molar-refractivity contribution in [3.63, 3.8) is 0 Å². The zero-order chi connectivity index (χ0) is 9.35. The highest BCUT2D eigenvalue weighted by Gasteiger charge is 2.36. The summed E-state index contributed by atoms with van der Waals surface area (Å²) in [4.78, 5) is 10.8. The van der Waals surface area contributed by atoms with Crippen LogP contribution >= 0.6 is 0 Å². The first-order chi connectivity index (χ1) is 5.45. The van der Waals surface area contributed by atoms with Crippen LogP contribution in [0.4, 0.5) is 3.89 Å². The third-order valence-electron chi connectivity index (χ3n) is 1.71. The molecule has 1 heterocycles. The molecule has 68 valence electrons. The maximum absolute atomic E-state index is 12.3. The molecule has 0 aromatic heterocycles. The van der Waals surface area contributed by atoms with Gasteiger partial charge in [0.25, 0.3) is 0 Å². The normalized spacial score (nSPS) is 24.6. The van der Waals surface area contributed by atoms with Gasteiger partial charge in [0, 0.05) is 18.9 Å². The molecule has 1 aliphatic heterocycles. The summed E-state index contributed by atoms with van der Waals surface area (Å²) >= 11 is 0. The lowest BCUT2D eigenvalue weighted by molar-refractivity contribution is -0.123. The molecule has 0 N–H and O–H groups in total. The fourth-order valence-corrected chi connectivity index (χ4v) is 1.76. The average Bonchev–Trinajstić information content (AvgIpc) is 2.29. The summed E-state index contributed by atoms with van der Waals surface area (Å²) in [6.45, 7) is 3.27. The van der Waals surface area contributed by atoms with Crippen LogP contribution in [0.2, 0.25) is 0 Å². The molecule has 0 spiro atoms. The molecule has 0 aliphatic carbocycles. The Morgan fingerprint density at radius 3 is 2.50 bits per heavy atom. The quantitative estimate of drug-likeness (QED) is 0.466. The van der Waals surface area contributed by atoms with Gasteiger partial charge in [0.2, 0.25) is 5.91 Å². The van der Waals surface area contributed by atoms with Crippen LogP contribution in [0.15, 0.2) is 12.7 Å². The van der Waals surface area contributed by atoms with Gasteiger partial charge >= 0.3 is 10.4 Å². The lowest BCUT2D eigenvalue weighted by Gasteiger charge is -2.08. The third kappa shape index (κ3) is 1.63. The third-order valence-corrected chi connectivity index (χ3v) is 2.59. The van der Waals surface area contributed by atoms with E-state index in [1.807, 2.05) is 0 Å². The minimum absolute atomic E-state index is 0.0205. The maximum atomic E-state index is 12.3. The van der Waals surface area contributed by atoms with E-state index in [1.165, 1.54) is 6.08 Å². The predicted octanol–water partition coefficient (Wildman–Crippen LogP) is 0.235. The van der Waals surface area contributed by atoms with Gasteiger partial charge in [-0.3, -0.25) is 4.79 Å². The molecule has 1 atom stereocenters. The average molecular weight is 193 g/mol. The molecule has 1 unspecified atom stereocenters. The maximum Gasteiger partial charge on any atom is 0.401 e. The summed E-state index contributed by atoms with van der Waals surface area (Å²) in [6.07, 6.45) is 1.47. The number of carbonyl (C=O) groups is 1. The van der Waals surface area contributed by atoms with E-state index >= 15 is 0 Å². The van der Waals surface area contributed by atoms with Gasteiger partial charge < -0.3 is 0 Å². The molecule has 0 aromatic carbocycles. The zero-order valence-electron chi connectivity index (χ0n) is 6.23. The van der Waals surface area contributed by atoms with Gasteiger partial charge in [0.15, 0.2) is 0 Å². The molecule has 12 heavy (non-hydrogen) atoms. The molecular formula is C6H8FNO3S. The Balaban J connectivity index is 2.84. The number of hydrogen-bond acceptors (Lipinski definition) is 3. The van der Waals surface area contributed by atoms with Crippen molar-refractivity contribution in [3.05, 3.63) is 12.7 Å². The highest BCUT2D eigenvalue weighted by Crippen LogP contribution is 2.21. The van der Waals surface area contributed by atoms with E-state index in [0.29, 0.717) is 0 Å². The van der Waals surface area contributed by atoms with Crippen molar-refractivity contribution in [1.29, 1.82) is 0 Å².